The fourth-order valence-corrected chi connectivity index (χ4v) is 0.438. The van der Waals surface area contributed by atoms with Crippen LogP contribution < -0.4 is 0 Å². The lowest BCUT2D eigenvalue weighted by Gasteiger charge is -1.94. The van der Waals surface area contributed by atoms with Crippen molar-refractivity contribution in [3.63, 3.8) is 0 Å². The van der Waals surface area contributed by atoms with E-state index < -0.39 is 0 Å². The Morgan fingerprint density at radius 2 is 2.22 bits per heavy atom. The van der Waals surface area contributed by atoms with Crippen molar-refractivity contribution in [2.75, 3.05) is 19.8 Å². The van der Waals surface area contributed by atoms with Crippen molar-refractivity contribution in [2.45, 2.75) is 13.3 Å². The maximum absolute atomic E-state index is 8.28. The molecule has 0 saturated heterocycles. The SMILES string of the molecule is CCCOCC=CCO. The summed E-state index contributed by atoms with van der Waals surface area (Å²) in [6.07, 6.45) is 4.54. The molecule has 0 aliphatic carbocycles. The maximum atomic E-state index is 8.28. The number of hydrogen-bond donors (Lipinski definition) is 1. The molecular weight excluding hydrogens is 116 g/mol. The van der Waals surface area contributed by atoms with Crippen molar-refractivity contribution >= 4 is 0 Å². The Hall–Kier alpha value is -0.340. The Kier molecular flexibility index (Phi) is 7.37. The van der Waals surface area contributed by atoms with Crippen LogP contribution in [0, 0.1) is 0 Å². The molecule has 0 aromatic carbocycles. The highest BCUT2D eigenvalue weighted by atomic mass is 16.5. The topological polar surface area (TPSA) is 29.5 Å². The Labute approximate surface area is 56.1 Å². The predicted molar refractivity (Wildman–Crippen MR) is 37.3 cm³/mol. The molecule has 0 rings (SSSR count). The van der Waals surface area contributed by atoms with Gasteiger partial charge in [-0.3, -0.25) is 0 Å². The largest absolute Gasteiger partial charge is 0.392 e. The average molecular weight is 130 g/mol. The molecule has 2 heteroatoms. The van der Waals surface area contributed by atoms with E-state index in [2.05, 4.69) is 6.92 Å². The number of rotatable bonds is 5. The summed E-state index contributed by atoms with van der Waals surface area (Å²) in [6, 6.07) is 0. The smallest absolute Gasteiger partial charge is 0.0648 e. The van der Waals surface area contributed by atoms with Crippen LogP contribution in [0.5, 0.6) is 0 Å². The quantitative estimate of drug-likeness (QED) is 0.443. The highest BCUT2D eigenvalue weighted by Crippen LogP contribution is 1.80. The fourth-order valence-electron chi connectivity index (χ4n) is 0.438. The fraction of sp³-hybridized carbons (Fsp3) is 0.714. The van der Waals surface area contributed by atoms with Crippen LogP contribution in [-0.4, -0.2) is 24.9 Å². The van der Waals surface area contributed by atoms with Crippen LogP contribution in [0.2, 0.25) is 0 Å². The minimum Gasteiger partial charge on any atom is -0.392 e. The zero-order chi connectivity index (χ0) is 6.95. The van der Waals surface area contributed by atoms with Crippen molar-refractivity contribution in [3.8, 4) is 0 Å². The highest BCUT2D eigenvalue weighted by molar-refractivity contribution is 4.79. The van der Waals surface area contributed by atoms with Gasteiger partial charge in [0.25, 0.3) is 0 Å². The third kappa shape index (κ3) is 7.66. The summed E-state index contributed by atoms with van der Waals surface area (Å²) in [5.74, 6) is 0. The van der Waals surface area contributed by atoms with Gasteiger partial charge in [0.15, 0.2) is 0 Å². The summed E-state index contributed by atoms with van der Waals surface area (Å²) in [5, 5.41) is 8.28. The van der Waals surface area contributed by atoms with Gasteiger partial charge in [-0.25, -0.2) is 0 Å². The van der Waals surface area contributed by atoms with Crippen molar-refractivity contribution in [1.82, 2.24) is 0 Å². The third-order valence-corrected chi connectivity index (χ3v) is 0.835. The monoisotopic (exact) mass is 130 g/mol. The molecule has 0 aliphatic heterocycles. The zero-order valence-corrected chi connectivity index (χ0v) is 5.84. The minimum absolute atomic E-state index is 0.107. The summed E-state index contributed by atoms with van der Waals surface area (Å²) in [7, 11) is 0. The summed E-state index contributed by atoms with van der Waals surface area (Å²) < 4.78 is 5.09. The molecule has 0 saturated carbocycles. The molecule has 9 heavy (non-hydrogen) atoms. The predicted octanol–water partition coefficient (Wildman–Crippen LogP) is 0.961. The molecule has 0 aromatic heterocycles. The molecule has 0 aliphatic rings. The molecule has 0 unspecified atom stereocenters. The summed E-state index contributed by atoms with van der Waals surface area (Å²) in [6.45, 7) is 3.59. The third-order valence-electron chi connectivity index (χ3n) is 0.835. The first kappa shape index (κ1) is 8.66. The van der Waals surface area contributed by atoms with E-state index in [1.807, 2.05) is 6.08 Å². The van der Waals surface area contributed by atoms with Gasteiger partial charge < -0.3 is 9.84 Å². The molecule has 2 nitrogen and oxygen atoms in total. The summed E-state index contributed by atoms with van der Waals surface area (Å²) in [4.78, 5) is 0. The Bertz CT molecular complexity index is 69.3. The van der Waals surface area contributed by atoms with Crippen molar-refractivity contribution < 1.29 is 9.84 Å². The number of aliphatic hydroxyl groups excluding tert-OH is 1. The molecule has 1 N–H and O–H groups in total. The van der Waals surface area contributed by atoms with Crippen LogP contribution in [0.1, 0.15) is 13.3 Å². The van der Waals surface area contributed by atoms with Gasteiger partial charge in [0.2, 0.25) is 0 Å². The molecule has 0 aromatic rings. The first-order chi connectivity index (χ1) is 4.41. The van der Waals surface area contributed by atoms with Gasteiger partial charge in [0, 0.05) is 6.61 Å². The molecule has 0 radical (unpaired) electrons. The summed E-state index contributed by atoms with van der Waals surface area (Å²) in [5.41, 5.74) is 0. The van der Waals surface area contributed by atoms with E-state index in [-0.39, 0.29) is 6.61 Å². The van der Waals surface area contributed by atoms with E-state index in [1.165, 1.54) is 0 Å². The number of hydrogen-bond acceptors (Lipinski definition) is 2. The number of aliphatic hydroxyl groups is 1. The minimum atomic E-state index is 0.107. The Morgan fingerprint density at radius 1 is 1.44 bits per heavy atom. The van der Waals surface area contributed by atoms with E-state index in [4.69, 9.17) is 9.84 Å². The van der Waals surface area contributed by atoms with E-state index in [0.717, 1.165) is 13.0 Å². The Balaban J connectivity index is 2.82. The van der Waals surface area contributed by atoms with Gasteiger partial charge in [-0.2, -0.15) is 0 Å². The normalized spacial score (nSPS) is 10.9. The van der Waals surface area contributed by atoms with Gasteiger partial charge in [0.05, 0.1) is 13.2 Å². The van der Waals surface area contributed by atoms with Gasteiger partial charge in [-0.05, 0) is 6.42 Å². The summed E-state index contributed by atoms with van der Waals surface area (Å²) >= 11 is 0. The van der Waals surface area contributed by atoms with Crippen LogP contribution in [0.4, 0.5) is 0 Å². The first-order valence-electron chi connectivity index (χ1n) is 3.25. The van der Waals surface area contributed by atoms with Crippen LogP contribution >= 0.6 is 0 Å². The second-order valence-corrected chi connectivity index (χ2v) is 1.73. The van der Waals surface area contributed by atoms with E-state index in [9.17, 15) is 0 Å². The zero-order valence-electron chi connectivity index (χ0n) is 5.84. The molecule has 0 amide bonds. The van der Waals surface area contributed by atoms with Crippen LogP contribution in [0.25, 0.3) is 0 Å². The van der Waals surface area contributed by atoms with Crippen molar-refractivity contribution in [3.05, 3.63) is 12.2 Å². The van der Waals surface area contributed by atoms with Gasteiger partial charge in [0.1, 0.15) is 0 Å². The lowest BCUT2D eigenvalue weighted by Crippen LogP contribution is -1.91. The molecule has 0 fully saturated rings. The van der Waals surface area contributed by atoms with Crippen molar-refractivity contribution in [1.29, 1.82) is 0 Å². The maximum Gasteiger partial charge on any atom is 0.0648 e. The van der Waals surface area contributed by atoms with Gasteiger partial charge >= 0.3 is 0 Å². The van der Waals surface area contributed by atoms with Crippen LogP contribution in [0.3, 0.4) is 0 Å². The van der Waals surface area contributed by atoms with E-state index in [0.29, 0.717) is 6.61 Å². The lowest BCUT2D eigenvalue weighted by molar-refractivity contribution is 0.162. The van der Waals surface area contributed by atoms with Gasteiger partial charge in [-0.15, -0.1) is 0 Å². The van der Waals surface area contributed by atoms with Crippen LogP contribution in [0.15, 0.2) is 12.2 Å². The second-order valence-electron chi connectivity index (χ2n) is 1.73. The van der Waals surface area contributed by atoms with E-state index >= 15 is 0 Å². The molecule has 0 heterocycles. The molecule has 0 bridgehead atoms. The first-order valence-corrected chi connectivity index (χ1v) is 3.25. The standard InChI is InChI=1S/C7H14O2/c1-2-6-9-7-4-3-5-8/h3-4,8H,2,5-7H2,1H3. The molecule has 0 atom stereocenters. The lowest BCUT2D eigenvalue weighted by atomic mass is 10.5. The average Bonchev–Trinajstić information content (AvgIpc) is 1.89. The highest BCUT2D eigenvalue weighted by Gasteiger charge is 1.77. The molecule has 54 valence electrons. The van der Waals surface area contributed by atoms with Crippen LogP contribution in [-0.2, 0) is 4.74 Å². The van der Waals surface area contributed by atoms with E-state index in [1.54, 1.807) is 6.08 Å². The number of ether oxygens (including phenoxy) is 1. The second kappa shape index (κ2) is 7.66. The Morgan fingerprint density at radius 3 is 2.78 bits per heavy atom. The van der Waals surface area contributed by atoms with Gasteiger partial charge in [-0.1, -0.05) is 19.1 Å². The molecular formula is C7H14O2. The van der Waals surface area contributed by atoms with Crippen molar-refractivity contribution in [2.24, 2.45) is 0 Å². The molecule has 0 spiro atoms.